The number of hydrogen-bond acceptors (Lipinski definition) is 4. The first-order chi connectivity index (χ1) is 7.99. The summed E-state index contributed by atoms with van der Waals surface area (Å²) in [5.74, 6) is -1.08. The second-order valence-corrected chi connectivity index (χ2v) is 4.15. The highest BCUT2D eigenvalue weighted by Crippen LogP contribution is 2.29. The number of rotatable bonds is 2. The third-order valence-electron chi connectivity index (χ3n) is 2.21. The van der Waals surface area contributed by atoms with E-state index in [9.17, 15) is 19.7 Å². The summed E-state index contributed by atoms with van der Waals surface area (Å²) in [5, 5.41) is 12.7. The van der Waals surface area contributed by atoms with Crippen LogP contribution in [0.5, 0.6) is 0 Å². The van der Waals surface area contributed by atoms with Gasteiger partial charge in [0.1, 0.15) is 0 Å². The van der Waals surface area contributed by atoms with Gasteiger partial charge < -0.3 is 0 Å². The molecule has 0 saturated heterocycles. The maximum absolute atomic E-state index is 11.4. The molecule has 1 heterocycles. The first kappa shape index (κ1) is 11.5. The molecule has 7 heteroatoms. The van der Waals surface area contributed by atoms with Gasteiger partial charge in [0.2, 0.25) is 0 Å². The van der Waals surface area contributed by atoms with Gasteiger partial charge in [0, 0.05) is 28.2 Å². The molecule has 0 radical (unpaired) electrons. The minimum atomic E-state index is -0.564. The number of amides is 2. The lowest BCUT2D eigenvalue weighted by atomic mass is 10.1. The second-order valence-electron chi connectivity index (χ2n) is 3.30. The SMILES string of the molecule is O=C1C=C(c2cc([N+](=O)[O-])ccc2Br)C(=O)N1. The normalized spacial score (nSPS) is 14.5. The van der Waals surface area contributed by atoms with E-state index in [1.807, 2.05) is 0 Å². The van der Waals surface area contributed by atoms with Crippen molar-refractivity contribution >= 4 is 39.0 Å². The van der Waals surface area contributed by atoms with Gasteiger partial charge in [-0.3, -0.25) is 25.0 Å². The van der Waals surface area contributed by atoms with Crippen molar-refractivity contribution in [3.05, 3.63) is 44.4 Å². The van der Waals surface area contributed by atoms with Crippen LogP contribution in [0, 0.1) is 10.1 Å². The third-order valence-corrected chi connectivity index (χ3v) is 2.90. The van der Waals surface area contributed by atoms with Gasteiger partial charge >= 0.3 is 0 Å². The molecule has 1 aliphatic rings. The van der Waals surface area contributed by atoms with Crippen molar-refractivity contribution in [2.24, 2.45) is 0 Å². The molecule has 1 aliphatic heterocycles. The number of non-ortho nitro benzene ring substituents is 1. The van der Waals surface area contributed by atoms with Gasteiger partial charge in [-0.05, 0) is 6.07 Å². The fraction of sp³-hybridized carbons (Fsp3) is 0. The lowest BCUT2D eigenvalue weighted by Crippen LogP contribution is -2.21. The molecule has 0 fully saturated rings. The number of carbonyl (C=O) groups is 2. The van der Waals surface area contributed by atoms with Crippen molar-refractivity contribution in [2.45, 2.75) is 0 Å². The lowest BCUT2D eigenvalue weighted by molar-refractivity contribution is -0.384. The topological polar surface area (TPSA) is 89.3 Å². The van der Waals surface area contributed by atoms with E-state index >= 15 is 0 Å². The maximum Gasteiger partial charge on any atom is 0.270 e. The smallest absolute Gasteiger partial charge is 0.270 e. The van der Waals surface area contributed by atoms with Crippen LogP contribution in [0.3, 0.4) is 0 Å². The van der Waals surface area contributed by atoms with E-state index in [0.29, 0.717) is 10.0 Å². The molecule has 1 aromatic rings. The first-order valence-corrected chi connectivity index (χ1v) is 5.29. The minimum absolute atomic E-state index is 0.116. The Bertz CT molecular complexity index is 580. The van der Waals surface area contributed by atoms with E-state index in [1.54, 1.807) is 0 Å². The van der Waals surface area contributed by atoms with Gasteiger partial charge in [-0.1, -0.05) is 15.9 Å². The minimum Gasteiger partial charge on any atom is -0.289 e. The molecule has 0 aliphatic carbocycles. The van der Waals surface area contributed by atoms with Crippen molar-refractivity contribution in [2.75, 3.05) is 0 Å². The monoisotopic (exact) mass is 296 g/mol. The fourth-order valence-corrected chi connectivity index (χ4v) is 1.91. The number of benzene rings is 1. The van der Waals surface area contributed by atoms with E-state index in [-0.39, 0.29) is 11.3 Å². The summed E-state index contributed by atoms with van der Waals surface area (Å²) in [6.45, 7) is 0. The van der Waals surface area contributed by atoms with E-state index < -0.39 is 16.7 Å². The quantitative estimate of drug-likeness (QED) is 0.507. The Balaban J connectivity index is 2.55. The van der Waals surface area contributed by atoms with E-state index in [0.717, 1.165) is 6.08 Å². The largest absolute Gasteiger partial charge is 0.289 e. The molecule has 0 saturated carbocycles. The number of nitro benzene ring substituents is 1. The number of nitrogens with one attached hydrogen (secondary N) is 1. The van der Waals surface area contributed by atoms with Gasteiger partial charge in [0.15, 0.2) is 0 Å². The van der Waals surface area contributed by atoms with Gasteiger partial charge in [-0.25, -0.2) is 0 Å². The molecular formula is C10H5BrN2O4. The molecule has 1 N–H and O–H groups in total. The van der Waals surface area contributed by atoms with Crippen molar-refractivity contribution in [1.82, 2.24) is 5.32 Å². The molecule has 6 nitrogen and oxygen atoms in total. The Kier molecular flexibility index (Phi) is 2.76. The molecule has 0 atom stereocenters. The number of halogens is 1. The van der Waals surface area contributed by atoms with Gasteiger partial charge in [0.05, 0.1) is 10.5 Å². The Labute approximate surface area is 104 Å². The zero-order valence-corrected chi connectivity index (χ0v) is 9.85. The number of hydrogen-bond donors (Lipinski definition) is 1. The highest BCUT2D eigenvalue weighted by atomic mass is 79.9. The number of carbonyl (C=O) groups excluding carboxylic acids is 2. The van der Waals surface area contributed by atoms with Crippen LogP contribution in [0.2, 0.25) is 0 Å². The van der Waals surface area contributed by atoms with E-state index in [2.05, 4.69) is 21.2 Å². The Morgan fingerprint density at radius 2 is 2.00 bits per heavy atom. The highest BCUT2D eigenvalue weighted by Gasteiger charge is 2.25. The van der Waals surface area contributed by atoms with Crippen molar-refractivity contribution < 1.29 is 14.5 Å². The van der Waals surface area contributed by atoms with Crippen LogP contribution in [0.4, 0.5) is 5.69 Å². The molecule has 2 amide bonds. The van der Waals surface area contributed by atoms with Crippen LogP contribution in [-0.4, -0.2) is 16.7 Å². The Hall–Kier alpha value is -2.02. The zero-order chi connectivity index (χ0) is 12.6. The summed E-state index contributed by atoms with van der Waals surface area (Å²) >= 11 is 3.18. The van der Waals surface area contributed by atoms with Crippen molar-refractivity contribution in [3.63, 3.8) is 0 Å². The van der Waals surface area contributed by atoms with Gasteiger partial charge in [-0.15, -0.1) is 0 Å². The summed E-state index contributed by atoms with van der Waals surface area (Å²) in [4.78, 5) is 32.5. The van der Waals surface area contributed by atoms with Crippen LogP contribution < -0.4 is 5.32 Å². The number of nitrogens with zero attached hydrogens (tertiary/aromatic N) is 1. The summed E-state index contributed by atoms with van der Waals surface area (Å²) < 4.78 is 0.513. The predicted molar refractivity (Wildman–Crippen MR) is 61.9 cm³/mol. The fourth-order valence-electron chi connectivity index (χ4n) is 1.45. The predicted octanol–water partition coefficient (Wildman–Crippen LogP) is 1.40. The second kappa shape index (κ2) is 4.10. The Morgan fingerprint density at radius 3 is 2.53 bits per heavy atom. The molecule has 2 rings (SSSR count). The highest BCUT2D eigenvalue weighted by molar-refractivity contribution is 9.10. The first-order valence-electron chi connectivity index (χ1n) is 4.50. The summed E-state index contributed by atoms with van der Waals surface area (Å²) in [7, 11) is 0. The van der Waals surface area contributed by atoms with E-state index in [4.69, 9.17) is 0 Å². The summed E-state index contributed by atoms with van der Waals surface area (Å²) in [6, 6.07) is 4.02. The zero-order valence-electron chi connectivity index (χ0n) is 8.27. The van der Waals surface area contributed by atoms with Crippen LogP contribution in [0.15, 0.2) is 28.7 Å². The van der Waals surface area contributed by atoms with Crippen LogP contribution in [-0.2, 0) is 9.59 Å². The Morgan fingerprint density at radius 1 is 1.29 bits per heavy atom. The molecule has 17 heavy (non-hydrogen) atoms. The average Bonchev–Trinajstić information content (AvgIpc) is 2.58. The number of nitro groups is 1. The van der Waals surface area contributed by atoms with Crippen molar-refractivity contribution in [1.29, 1.82) is 0 Å². The molecule has 0 spiro atoms. The molecular weight excluding hydrogens is 292 g/mol. The summed E-state index contributed by atoms with van der Waals surface area (Å²) in [6.07, 6.45) is 1.12. The van der Waals surface area contributed by atoms with Crippen LogP contribution in [0.1, 0.15) is 5.56 Å². The molecule has 0 aromatic heterocycles. The standard InChI is InChI=1S/C10H5BrN2O4/c11-8-2-1-5(13(16)17)3-6(8)7-4-9(14)12-10(7)15/h1-4H,(H,12,14,15). The summed E-state index contributed by atoms with van der Waals surface area (Å²) in [5.41, 5.74) is 0.296. The molecule has 0 unspecified atom stereocenters. The number of imide groups is 1. The van der Waals surface area contributed by atoms with E-state index in [1.165, 1.54) is 18.2 Å². The van der Waals surface area contributed by atoms with Gasteiger partial charge in [-0.2, -0.15) is 0 Å². The molecule has 0 bridgehead atoms. The average molecular weight is 297 g/mol. The van der Waals surface area contributed by atoms with Gasteiger partial charge in [0.25, 0.3) is 17.5 Å². The molecule has 86 valence electrons. The lowest BCUT2D eigenvalue weighted by Gasteiger charge is -2.03. The third kappa shape index (κ3) is 2.09. The van der Waals surface area contributed by atoms with Crippen LogP contribution >= 0.6 is 15.9 Å². The van der Waals surface area contributed by atoms with Crippen molar-refractivity contribution in [3.8, 4) is 0 Å². The molecule has 1 aromatic carbocycles. The van der Waals surface area contributed by atoms with Crippen LogP contribution in [0.25, 0.3) is 5.57 Å². The maximum atomic E-state index is 11.4.